The maximum Gasteiger partial charge on any atom is 0.373 e. The number of aliphatic hydroxyl groups is 2. The lowest BCUT2D eigenvalue weighted by molar-refractivity contribution is -0.258. The summed E-state index contributed by atoms with van der Waals surface area (Å²) in [6.45, 7) is 0. The van der Waals surface area contributed by atoms with Crippen molar-refractivity contribution in [3.63, 3.8) is 0 Å². The van der Waals surface area contributed by atoms with Gasteiger partial charge in [0.2, 0.25) is 0 Å². The molecular weight excluding hydrogens is 176 g/mol. The smallest absolute Gasteiger partial charge is 0.373 e. The Morgan fingerprint density at radius 2 is 1.17 bits per heavy atom. The Hall–Kier alpha value is -1.22. The minimum Gasteiger partial charge on any atom is -0.378 e. The second-order valence-electron chi connectivity index (χ2n) is 1.71. The Bertz CT molecular complexity index is 156. The standard InChI is InChI=1S/C4H6O8/c5-1(3(7)11-9)2(6)4(8)12-10/h1-2,5-6,9-10H/t1-,2-/m0/s1. The molecule has 2 atom stereocenters. The van der Waals surface area contributed by atoms with Crippen molar-refractivity contribution in [2.24, 2.45) is 0 Å². The Labute approximate surface area is 65.4 Å². The molecule has 8 heteroatoms. The van der Waals surface area contributed by atoms with Crippen LogP contribution >= 0.6 is 0 Å². The molecule has 0 bridgehead atoms. The molecule has 8 nitrogen and oxygen atoms in total. The van der Waals surface area contributed by atoms with Gasteiger partial charge in [-0.3, -0.25) is 9.78 Å². The number of hydrogen-bond acceptors (Lipinski definition) is 8. The van der Waals surface area contributed by atoms with Gasteiger partial charge in [-0.25, -0.2) is 9.59 Å². The van der Waals surface area contributed by atoms with E-state index in [0.29, 0.717) is 0 Å². The van der Waals surface area contributed by atoms with E-state index in [9.17, 15) is 9.59 Å². The summed E-state index contributed by atoms with van der Waals surface area (Å²) in [7, 11) is 0. The summed E-state index contributed by atoms with van der Waals surface area (Å²) in [6.07, 6.45) is -4.62. The molecule has 0 aliphatic rings. The minimum atomic E-state index is -2.31. The summed E-state index contributed by atoms with van der Waals surface area (Å²) in [5.74, 6) is -3.29. The molecule has 0 spiro atoms. The van der Waals surface area contributed by atoms with Gasteiger partial charge in [-0.2, -0.15) is 10.5 Å². The van der Waals surface area contributed by atoms with Crippen molar-refractivity contribution in [3.05, 3.63) is 0 Å². The molecule has 12 heavy (non-hydrogen) atoms. The van der Waals surface area contributed by atoms with Crippen molar-refractivity contribution >= 4 is 11.9 Å². The zero-order valence-electron chi connectivity index (χ0n) is 5.58. The quantitative estimate of drug-likeness (QED) is 0.284. The second-order valence-corrected chi connectivity index (χ2v) is 1.71. The number of aliphatic hydroxyl groups excluding tert-OH is 2. The first-order valence-electron chi connectivity index (χ1n) is 2.61. The molecule has 4 N–H and O–H groups in total. The Balaban J connectivity index is 4.18. The molecule has 0 aliphatic carbocycles. The third-order valence-corrected chi connectivity index (χ3v) is 0.962. The topological polar surface area (TPSA) is 134 Å². The molecule has 70 valence electrons. The van der Waals surface area contributed by atoms with Crippen LogP contribution in [0.3, 0.4) is 0 Å². The second kappa shape index (κ2) is 4.62. The van der Waals surface area contributed by atoms with Crippen LogP contribution in [0.15, 0.2) is 0 Å². The van der Waals surface area contributed by atoms with Gasteiger partial charge in [-0.15, -0.1) is 0 Å². The SMILES string of the molecule is O=C(OO)[C@@H](O)[C@H](O)C(=O)OO. The molecule has 0 fully saturated rings. The highest BCUT2D eigenvalue weighted by Gasteiger charge is 2.33. The predicted octanol–water partition coefficient (Wildman–Crippen LogP) is -2.26. The lowest BCUT2D eigenvalue weighted by atomic mass is 10.2. The first-order chi connectivity index (χ1) is 5.54. The Morgan fingerprint density at radius 3 is 1.33 bits per heavy atom. The third kappa shape index (κ3) is 2.43. The Morgan fingerprint density at radius 1 is 0.917 bits per heavy atom. The molecule has 0 amide bonds. The van der Waals surface area contributed by atoms with Crippen LogP contribution in [0, 0.1) is 0 Å². The number of carbonyl (C=O) groups excluding carboxylic acids is 2. The predicted molar refractivity (Wildman–Crippen MR) is 29.5 cm³/mol. The first kappa shape index (κ1) is 10.8. The maximum absolute atomic E-state index is 10.2. The minimum absolute atomic E-state index is 1.65. The normalized spacial score (nSPS) is 14.7. The van der Waals surface area contributed by atoms with Crippen LogP contribution in [-0.2, 0) is 19.4 Å². The van der Waals surface area contributed by atoms with Crippen molar-refractivity contribution < 1.29 is 40.1 Å². The third-order valence-electron chi connectivity index (χ3n) is 0.962. The van der Waals surface area contributed by atoms with Crippen molar-refractivity contribution in [2.45, 2.75) is 12.2 Å². The van der Waals surface area contributed by atoms with Crippen molar-refractivity contribution in [1.82, 2.24) is 0 Å². The lowest BCUT2D eigenvalue weighted by Gasteiger charge is -2.10. The number of carbonyl (C=O) groups is 2. The van der Waals surface area contributed by atoms with Crippen LogP contribution in [-0.4, -0.2) is 44.9 Å². The average molecular weight is 182 g/mol. The van der Waals surface area contributed by atoms with Gasteiger partial charge in [0.05, 0.1) is 0 Å². The zero-order valence-corrected chi connectivity index (χ0v) is 5.58. The monoisotopic (exact) mass is 182 g/mol. The fraction of sp³-hybridized carbons (Fsp3) is 0.500. The molecule has 0 aromatic carbocycles. The number of hydrogen-bond donors (Lipinski definition) is 4. The van der Waals surface area contributed by atoms with E-state index in [0.717, 1.165) is 0 Å². The van der Waals surface area contributed by atoms with E-state index in [1.807, 2.05) is 0 Å². The summed E-state index contributed by atoms with van der Waals surface area (Å²) in [6, 6.07) is 0. The van der Waals surface area contributed by atoms with Gasteiger partial charge in [-0.1, -0.05) is 0 Å². The van der Waals surface area contributed by atoms with Gasteiger partial charge in [-0.05, 0) is 0 Å². The van der Waals surface area contributed by atoms with E-state index in [2.05, 4.69) is 9.78 Å². The highest BCUT2D eigenvalue weighted by molar-refractivity contribution is 5.84. The molecule has 0 heterocycles. The average Bonchev–Trinajstić information content (AvgIpc) is 2.12. The van der Waals surface area contributed by atoms with Crippen LogP contribution in [0.5, 0.6) is 0 Å². The highest BCUT2D eigenvalue weighted by atomic mass is 17.1. The van der Waals surface area contributed by atoms with Gasteiger partial charge >= 0.3 is 11.9 Å². The van der Waals surface area contributed by atoms with Crippen LogP contribution in [0.25, 0.3) is 0 Å². The van der Waals surface area contributed by atoms with Gasteiger partial charge in [0, 0.05) is 0 Å². The van der Waals surface area contributed by atoms with Crippen LogP contribution < -0.4 is 0 Å². The van der Waals surface area contributed by atoms with Gasteiger partial charge in [0.15, 0.2) is 12.2 Å². The van der Waals surface area contributed by atoms with E-state index < -0.39 is 24.1 Å². The zero-order chi connectivity index (χ0) is 9.72. The summed E-state index contributed by atoms with van der Waals surface area (Å²) < 4.78 is 0. The van der Waals surface area contributed by atoms with Crippen molar-refractivity contribution in [3.8, 4) is 0 Å². The molecule has 0 rings (SSSR count). The van der Waals surface area contributed by atoms with Gasteiger partial charge in [0.25, 0.3) is 0 Å². The first-order valence-corrected chi connectivity index (χ1v) is 2.61. The van der Waals surface area contributed by atoms with Crippen LogP contribution in [0.4, 0.5) is 0 Å². The fourth-order valence-electron chi connectivity index (χ4n) is 0.366. The van der Waals surface area contributed by atoms with Crippen LogP contribution in [0.2, 0.25) is 0 Å². The largest absolute Gasteiger partial charge is 0.378 e. The summed E-state index contributed by atoms with van der Waals surface area (Å²) in [5.41, 5.74) is 0. The fourth-order valence-corrected chi connectivity index (χ4v) is 0.366. The highest BCUT2D eigenvalue weighted by Crippen LogP contribution is 1.97. The van der Waals surface area contributed by atoms with E-state index in [-0.39, 0.29) is 0 Å². The van der Waals surface area contributed by atoms with Crippen molar-refractivity contribution in [1.29, 1.82) is 0 Å². The summed E-state index contributed by atoms with van der Waals surface area (Å²) in [5, 5.41) is 32.5. The van der Waals surface area contributed by atoms with E-state index >= 15 is 0 Å². The molecule has 0 aromatic heterocycles. The summed E-state index contributed by atoms with van der Waals surface area (Å²) >= 11 is 0. The molecule has 0 saturated carbocycles. The van der Waals surface area contributed by atoms with E-state index in [1.54, 1.807) is 0 Å². The molecule has 0 aromatic rings. The molecule has 0 unspecified atom stereocenters. The number of rotatable bonds is 3. The lowest BCUT2D eigenvalue weighted by Crippen LogP contribution is -2.41. The van der Waals surface area contributed by atoms with Crippen molar-refractivity contribution in [2.75, 3.05) is 0 Å². The maximum atomic E-state index is 10.2. The van der Waals surface area contributed by atoms with Gasteiger partial charge < -0.3 is 10.2 Å². The molecular formula is C4H6O8. The van der Waals surface area contributed by atoms with E-state index in [1.165, 1.54) is 0 Å². The molecule has 0 saturated heterocycles. The Kier molecular flexibility index (Phi) is 4.15. The summed E-state index contributed by atoms with van der Waals surface area (Å²) in [4.78, 5) is 26.4. The van der Waals surface area contributed by atoms with E-state index in [4.69, 9.17) is 20.7 Å². The van der Waals surface area contributed by atoms with Gasteiger partial charge in [0.1, 0.15) is 0 Å². The van der Waals surface area contributed by atoms with Crippen LogP contribution in [0.1, 0.15) is 0 Å². The molecule has 0 radical (unpaired) electrons. The molecule has 0 aliphatic heterocycles.